The van der Waals surface area contributed by atoms with Gasteiger partial charge in [0.2, 0.25) is 0 Å². The predicted molar refractivity (Wildman–Crippen MR) is 179 cm³/mol. The molecule has 1 saturated carbocycles. The van der Waals surface area contributed by atoms with E-state index < -0.39 is 28.9 Å². The summed E-state index contributed by atoms with van der Waals surface area (Å²) in [7, 11) is 1.53. The van der Waals surface area contributed by atoms with Crippen molar-refractivity contribution in [3.05, 3.63) is 98.5 Å². The van der Waals surface area contributed by atoms with Gasteiger partial charge in [-0.2, -0.15) is 0 Å². The van der Waals surface area contributed by atoms with E-state index in [2.05, 4.69) is 10.2 Å². The van der Waals surface area contributed by atoms with Crippen molar-refractivity contribution in [3.63, 3.8) is 0 Å². The van der Waals surface area contributed by atoms with Gasteiger partial charge < -0.3 is 14.4 Å². The van der Waals surface area contributed by atoms with E-state index >= 15 is 0 Å². The molecule has 2 unspecified atom stereocenters. The third-order valence-electron chi connectivity index (χ3n) is 8.65. The number of amides is 2. The third-order valence-corrected chi connectivity index (χ3v) is 9.85. The molecule has 5 atom stereocenters. The lowest BCUT2D eigenvalue weighted by atomic mass is 9.76. The standard InChI is InChI=1S/C34H37Cl2N3O7S/c1-44-23-13-15-24-26(18-23)31(33(41)37-46-19-21-10-8-20(9-11-21)16-30(40)45-2)32(25-14-12-22(35)17-27(25)36)39(34(24)42)29-7-5-4-6-28(29)38-47(3)43/h8-15,17-18,28-29,31-32,38H,4-7,16,19H2,1-3H3,(H,37,41)/t28-,29?,31+,32-,47?/m0/s1. The molecule has 0 bridgehead atoms. The number of rotatable bonds is 11. The predicted octanol–water partition coefficient (Wildman–Crippen LogP) is 5.44. The first-order chi connectivity index (χ1) is 22.6. The molecule has 5 rings (SSSR count). The highest BCUT2D eigenvalue weighted by Gasteiger charge is 2.49. The fourth-order valence-corrected chi connectivity index (χ4v) is 7.69. The van der Waals surface area contributed by atoms with E-state index in [4.69, 9.17) is 37.5 Å². The summed E-state index contributed by atoms with van der Waals surface area (Å²) < 4.78 is 25.8. The van der Waals surface area contributed by atoms with Crippen LogP contribution in [0.1, 0.15) is 70.3 Å². The molecule has 2 amide bonds. The molecule has 3 aromatic rings. The van der Waals surface area contributed by atoms with Crippen LogP contribution in [0.2, 0.25) is 10.0 Å². The number of benzene rings is 3. The topological polar surface area (TPSA) is 123 Å². The summed E-state index contributed by atoms with van der Waals surface area (Å²) in [5.74, 6) is -1.58. The lowest BCUT2D eigenvalue weighted by Crippen LogP contribution is -2.58. The van der Waals surface area contributed by atoms with E-state index in [9.17, 15) is 18.6 Å². The number of hydrogen-bond donors (Lipinski definition) is 2. The number of hydrogen-bond acceptors (Lipinski definition) is 7. The van der Waals surface area contributed by atoms with Crippen LogP contribution in [-0.4, -0.2) is 59.5 Å². The highest BCUT2D eigenvalue weighted by Crippen LogP contribution is 2.48. The highest BCUT2D eigenvalue weighted by molar-refractivity contribution is 7.82. The molecule has 1 heterocycles. The van der Waals surface area contributed by atoms with Crippen molar-refractivity contribution in [3.8, 4) is 5.75 Å². The van der Waals surface area contributed by atoms with Gasteiger partial charge in [-0.1, -0.05) is 66.4 Å². The van der Waals surface area contributed by atoms with Crippen molar-refractivity contribution in [1.82, 2.24) is 15.1 Å². The minimum atomic E-state index is -1.33. The minimum absolute atomic E-state index is 0.0495. The number of methoxy groups -OCH3 is 2. The Morgan fingerprint density at radius 2 is 1.68 bits per heavy atom. The second-order valence-corrected chi connectivity index (χ2v) is 13.6. The maximum absolute atomic E-state index is 14.5. The number of carbonyl (C=O) groups excluding carboxylic acids is 3. The maximum atomic E-state index is 14.5. The summed E-state index contributed by atoms with van der Waals surface area (Å²) in [4.78, 5) is 47.9. The Balaban J connectivity index is 1.53. The molecule has 0 aromatic heterocycles. The van der Waals surface area contributed by atoms with E-state index in [1.165, 1.54) is 14.2 Å². The van der Waals surface area contributed by atoms with Gasteiger partial charge >= 0.3 is 5.97 Å². The number of esters is 1. The zero-order valence-electron chi connectivity index (χ0n) is 26.3. The van der Waals surface area contributed by atoms with Crippen molar-refractivity contribution < 1.29 is 32.9 Å². The first-order valence-corrected chi connectivity index (χ1v) is 17.5. The molecule has 250 valence electrons. The van der Waals surface area contributed by atoms with Crippen LogP contribution < -0.4 is 14.9 Å². The lowest BCUT2D eigenvalue weighted by Gasteiger charge is -2.49. The van der Waals surface area contributed by atoms with Crippen LogP contribution in [-0.2, 0) is 43.2 Å². The summed E-state index contributed by atoms with van der Waals surface area (Å²) in [6.07, 6.45) is 4.84. The second kappa shape index (κ2) is 15.6. The van der Waals surface area contributed by atoms with Gasteiger partial charge in [0.25, 0.3) is 11.8 Å². The van der Waals surface area contributed by atoms with Crippen LogP contribution in [0.15, 0.2) is 60.7 Å². The molecule has 1 aliphatic carbocycles. The summed E-state index contributed by atoms with van der Waals surface area (Å²) in [6.45, 7) is 0.0495. The number of nitrogens with zero attached hydrogens (tertiary/aromatic N) is 1. The van der Waals surface area contributed by atoms with Crippen LogP contribution >= 0.6 is 23.2 Å². The Bertz CT molecular complexity index is 1660. The van der Waals surface area contributed by atoms with Crippen molar-refractivity contribution in [2.75, 3.05) is 20.5 Å². The van der Waals surface area contributed by atoms with Crippen molar-refractivity contribution >= 4 is 52.0 Å². The Labute approximate surface area is 286 Å². The number of carbonyl (C=O) groups is 3. The summed E-state index contributed by atoms with van der Waals surface area (Å²) in [5.41, 5.74) is 5.54. The second-order valence-electron chi connectivity index (χ2n) is 11.6. The zero-order valence-corrected chi connectivity index (χ0v) is 28.6. The van der Waals surface area contributed by atoms with Crippen LogP contribution in [0.5, 0.6) is 5.75 Å². The summed E-state index contributed by atoms with van der Waals surface area (Å²) in [5, 5.41) is 0.715. The average Bonchev–Trinajstić information content (AvgIpc) is 3.05. The molecule has 13 heteroatoms. The molecule has 10 nitrogen and oxygen atoms in total. The van der Waals surface area contributed by atoms with E-state index in [1.807, 2.05) is 0 Å². The van der Waals surface area contributed by atoms with Crippen LogP contribution in [0.25, 0.3) is 0 Å². The number of fused-ring (bicyclic) bond motifs is 1. The monoisotopic (exact) mass is 701 g/mol. The molecule has 3 aromatic carbocycles. The average molecular weight is 703 g/mol. The van der Waals surface area contributed by atoms with Gasteiger partial charge in [-0.05, 0) is 65.4 Å². The summed E-state index contributed by atoms with van der Waals surface area (Å²) >= 11 is 13.1. The van der Waals surface area contributed by atoms with Crippen molar-refractivity contribution in [2.24, 2.45) is 0 Å². The number of nitrogens with one attached hydrogen (secondary N) is 2. The Morgan fingerprint density at radius 1 is 0.957 bits per heavy atom. The van der Waals surface area contributed by atoms with Gasteiger partial charge in [0.05, 0.1) is 50.2 Å². The van der Waals surface area contributed by atoms with Gasteiger partial charge in [0, 0.05) is 33.9 Å². The van der Waals surface area contributed by atoms with E-state index in [1.54, 1.807) is 71.8 Å². The number of halogens is 2. The molecule has 1 aliphatic heterocycles. The SMILES string of the molecule is COC(=O)Cc1ccc(CONC(=O)[C@@H]2c3cc(OC)ccc3C(=O)N(C3CCCC[C@@H]3NS(C)=O)[C@H]2c2ccc(Cl)cc2Cl)cc1. The summed E-state index contributed by atoms with van der Waals surface area (Å²) in [6, 6.07) is 15.8. The minimum Gasteiger partial charge on any atom is -0.497 e. The molecular formula is C34H37Cl2N3O7S. The number of ether oxygens (including phenoxy) is 2. The normalized spacial score (nSPS) is 21.5. The van der Waals surface area contributed by atoms with Gasteiger partial charge in [0.15, 0.2) is 0 Å². The first kappa shape index (κ1) is 34.8. The smallest absolute Gasteiger partial charge is 0.309 e. The fourth-order valence-electron chi connectivity index (χ4n) is 6.47. The van der Waals surface area contributed by atoms with E-state index in [0.29, 0.717) is 45.3 Å². The molecule has 1 fully saturated rings. The largest absolute Gasteiger partial charge is 0.497 e. The van der Waals surface area contributed by atoms with Crippen LogP contribution in [0, 0.1) is 0 Å². The van der Waals surface area contributed by atoms with Crippen molar-refractivity contribution in [1.29, 1.82) is 0 Å². The van der Waals surface area contributed by atoms with E-state index in [0.717, 1.165) is 24.0 Å². The number of hydroxylamine groups is 1. The molecular weight excluding hydrogens is 665 g/mol. The van der Waals surface area contributed by atoms with Gasteiger partial charge in [0.1, 0.15) is 5.75 Å². The van der Waals surface area contributed by atoms with E-state index in [-0.39, 0.29) is 37.0 Å². The first-order valence-electron chi connectivity index (χ1n) is 15.2. The molecule has 2 aliphatic rings. The molecule has 0 spiro atoms. The molecule has 47 heavy (non-hydrogen) atoms. The molecule has 0 radical (unpaired) electrons. The lowest BCUT2D eigenvalue weighted by molar-refractivity contribution is -0.140. The van der Waals surface area contributed by atoms with Gasteiger partial charge in [-0.15, -0.1) is 0 Å². The maximum Gasteiger partial charge on any atom is 0.309 e. The Hall–Kier alpha value is -3.48. The fraction of sp³-hybridized carbons (Fsp3) is 0.382. The van der Waals surface area contributed by atoms with Gasteiger partial charge in [-0.25, -0.2) is 14.4 Å². The Kier molecular flexibility index (Phi) is 11.6. The van der Waals surface area contributed by atoms with Crippen LogP contribution in [0.3, 0.4) is 0 Å². The zero-order chi connectivity index (χ0) is 33.7. The molecule has 0 saturated heterocycles. The third kappa shape index (κ3) is 7.98. The van der Waals surface area contributed by atoms with Crippen molar-refractivity contribution in [2.45, 2.75) is 62.8 Å². The van der Waals surface area contributed by atoms with Crippen LogP contribution in [0.4, 0.5) is 0 Å². The highest BCUT2D eigenvalue weighted by atomic mass is 35.5. The Morgan fingerprint density at radius 3 is 2.36 bits per heavy atom. The quantitative estimate of drug-likeness (QED) is 0.202. The van der Waals surface area contributed by atoms with Gasteiger partial charge in [-0.3, -0.25) is 19.2 Å². The molecule has 2 N–H and O–H groups in total.